The van der Waals surface area contributed by atoms with Gasteiger partial charge in [0.2, 0.25) is 5.89 Å². The molecule has 0 saturated carbocycles. The molecule has 0 atom stereocenters. The van der Waals surface area contributed by atoms with Crippen molar-refractivity contribution in [3.63, 3.8) is 0 Å². The highest BCUT2D eigenvalue weighted by Gasteiger charge is 2.06. The SMILES string of the molecule is NCCCc1cnc(-c2cccs2)o1. The lowest BCUT2D eigenvalue weighted by Gasteiger charge is -1.91. The van der Waals surface area contributed by atoms with E-state index >= 15 is 0 Å². The average molecular weight is 208 g/mol. The number of oxazole rings is 1. The van der Waals surface area contributed by atoms with Gasteiger partial charge in [-0.1, -0.05) is 6.07 Å². The zero-order valence-electron chi connectivity index (χ0n) is 7.77. The normalized spacial score (nSPS) is 10.6. The zero-order valence-corrected chi connectivity index (χ0v) is 8.59. The van der Waals surface area contributed by atoms with E-state index in [-0.39, 0.29) is 0 Å². The summed E-state index contributed by atoms with van der Waals surface area (Å²) in [5.74, 6) is 1.63. The first-order chi connectivity index (χ1) is 6.90. The van der Waals surface area contributed by atoms with Gasteiger partial charge in [0.25, 0.3) is 0 Å². The second kappa shape index (κ2) is 4.39. The lowest BCUT2D eigenvalue weighted by molar-refractivity contribution is 0.512. The Morgan fingerprint density at radius 1 is 1.50 bits per heavy atom. The van der Waals surface area contributed by atoms with Crippen molar-refractivity contribution in [1.82, 2.24) is 4.98 Å². The van der Waals surface area contributed by atoms with Crippen molar-refractivity contribution in [3.05, 3.63) is 29.5 Å². The minimum Gasteiger partial charge on any atom is -0.440 e. The second-order valence-electron chi connectivity index (χ2n) is 3.00. The van der Waals surface area contributed by atoms with Crippen molar-refractivity contribution >= 4 is 11.3 Å². The fraction of sp³-hybridized carbons (Fsp3) is 0.300. The van der Waals surface area contributed by atoms with Crippen molar-refractivity contribution in [2.75, 3.05) is 6.54 Å². The van der Waals surface area contributed by atoms with Crippen molar-refractivity contribution in [2.45, 2.75) is 12.8 Å². The minimum absolute atomic E-state index is 0.690. The summed E-state index contributed by atoms with van der Waals surface area (Å²) in [5, 5.41) is 2.01. The molecular formula is C10H12N2OS. The molecule has 0 aliphatic heterocycles. The van der Waals surface area contributed by atoms with Gasteiger partial charge in [-0.15, -0.1) is 11.3 Å². The first-order valence-electron chi connectivity index (χ1n) is 4.59. The van der Waals surface area contributed by atoms with E-state index in [1.165, 1.54) is 0 Å². The van der Waals surface area contributed by atoms with E-state index in [0.29, 0.717) is 12.4 Å². The van der Waals surface area contributed by atoms with Crippen molar-refractivity contribution < 1.29 is 4.42 Å². The average Bonchev–Trinajstić information content (AvgIpc) is 2.85. The third-order valence-electron chi connectivity index (χ3n) is 1.91. The molecule has 0 spiro atoms. The van der Waals surface area contributed by atoms with Gasteiger partial charge in [0.05, 0.1) is 11.1 Å². The summed E-state index contributed by atoms with van der Waals surface area (Å²) in [6.07, 6.45) is 3.60. The third-order valence-corrected chi connectivity index (χ3v) is 2.77. The molecule has 2 aromatic heterocycles. The fourth-order valence-electron chi connectivity index (χ4n) is 1.21. The first kappa shape index (κ1) is 9.43. The van der Waals surface area contributed by atoms with Gasteiger partial charge in [0, 0.05) is 6.42 Å². The first-order valence-corrected chi connectivity index (χ1v) is 5.47. The molecule has 74 valence electrons. The number of nitrogens with zero attached hydrogens (tertiary/aromatic N) is 1. The summed E-state index contributed by atoms with van der Waals surface area (Å²) in [5.41, 5.74) is 5.42. The molecule has 4 heteroatoms. The molecule has 0 aliphatic carbocycles. The minimum atomic E-state index is 0.690. The van der Waals surface area contributed by atoms with E-state index in [9.17, 15) is 0 Å². The van der Waals surface area contributed by atoms with Crippen LogP contribution < -0.4 is 5.73 Å². The van der Waals surface area contributed by atoms with E-state index in [1.54, 1.807) is 17.5 Å². The second-order valence-corrected chi connectivity index (χ2v) is 3.95. The molecule has 0 aromatic carbocycles. The van der Waals surface area contributed by atoms with Crippen molar-refractivity contribution in [2.24, 2.45) is 5.73 Å². The molecule has 2 rings (SSSR count). The molecule has 0 bridgehead atoms. The molecule has 0 fully saturated rings. The van der Waals surface area contributed by atoms with Gasteiger partial charge in [-0.25, -0.2) is 4.98 Å². The summed E-state index contributed by atoms with van der Waals surface area (Å²) < 4.78 is 5.57. The van der Waals surface area contributed by atoms with Crippen LogP contribution >= 0.6 is 11.3 Å². The van der Waals surface area contributed by atoms with Gasteiger partial charge in [-0.05, 0) is 24.4 Å². The number of hydrogen-bond donors (Lipinski definition) is 1. The van der Waals surface area contributed by atoms with Gasteiger partial charge in [-0.2, -0.15) is 0 Å². The molecule has 0 amide bonds. The Hall–Kier alpha value is -1.13. The van der Waals surface area contributed by atoms with Crippen LogP contribution in [-0.2, 0) is 6.42 Å². The molecule has 3 nitrogen and oxygen atoms in total. The number of rotatable bonds is 4. The predicted octanol–water partition coefficient (Wildman–Crippen LogP) is 2.29. The van der Waals surface area contributed by atoms with E-state index in [0.717, 1.165) is 23.5 Å². The van der Waals surface area contributed by atoms with Crippen LogP contribution in [0, 0.1) is 0 Å². The monoisotopic (exact) mass is 208 g/mol. The van der Waals surface area contributed by atoms with Crippen LogP contribution in [0.5, 0.6) is 0 Å². The highest BCUT2D eigenvalue weighted by atomic mass is 32.1. The molecule has 2 N–H and O–H groups in total. The van der Waals surface area contributed by atoms with Crippen LogP contribution in [0.4, 0.5) is 0 Å². The van der Waals surface area contributed by atoms with E-state index in [4.69, 9.17) is 10.2 Å². The summed E-state index contributed by atoms with van der Waals surface area (Å²) in [4.78, 5) is 5.29. The van der Waals surface area contributed by atoms with E-state index in [1.807, 2.05) is 17.5 Å². The highest BCUT2D eigenvalue weighted by Crippen LogP contribution is 2.24. The molecule has 0 aliphatic rings. The number of aromatic nitrogens is 1. The fourth-order valence-corrected chi connectivity index (χ4v) is 1.87. The zero-order chi connectivity index (χ0) is 9.80. The molecule has 14 heavy (non-hydrogen) atoms. The van der Waals surface area contributed by atoms with E-state index < -0.39 is 0 Å². The Morgan fingerprint density at radius 2 is 2.43 bits per heavy atom. The molecule has 0 radical (unpaired) electrons. The Morgan fingerprint density at radius 3 is 3.14 bits per heavy atom. The Kier molecular flexibility index (Phi) is 2.96. The van der Waals surface area contributed by atoms with Gasteiger partial charge in [0.15, 0.2) is 0 Å². The van der Waals surface area contributed by atoms with Gasteiger partial charge >= 0.3 is 0 Å². The topological polar surface area (TPSA) is 52.0 Å². The van der Waals surface area contributed by atoms with Crippen molar-refractivity contribution in [1.29, 1.82) is 0 Å². The Labute approximate surface area is 86.6 Å². The highest BCUT2D eigenvalue weighted by molar-refractivity contribution is 7.13. The maximum atomic E-state index is 5.57. The van der Waals surface area contributed by atoms with Crippen LogP contribution in [0.3, 0.4) is 0 Å². The van der Waals surface area contributed by atoms with Gasteiger partial charge in [-0.3, -0.25) is 0 Å². The van der Waals surface area contributed by atoms with Crippen LogP contribution in [0.25, 0.3) is 10.8 Å². The number of thiophene rings is 1. The molecule has 0 unspecified atom stereocenters. The predicted molar refractivity (Wildman–Crippen MR) is 57.2 cm³/mol. The maximum absolute atomic E-state index is 5.57. The molecule has 2 heterocycles. The van der Waals surface area contributed by atoms with Crippen LogP contribution in [0.15, 0.2) is 28.1 Å². The van der Waals surface area contributed by atoms with Crippen LogP contribution in [-0.4, -0.2) is 11.5 Å². The van der Waals surface area contributed by atoms with Crippen LogP contribution in [0.1, 0.15) is 12.2 Å². The molecular weight excluding hydrogens is 196 g/mol. The lowest BCUT2D eigenvalue weighted by atomic mass is 10.3. The van der Waals surface area contributed by atoms with Gasteiger partial charge in [0.1, 0.15) is 5.76 Å². The molecule has 2 aromatic rings. The Bertz CT molecular complexity index is 380. The van der Waals surface area contributed by atoms with Gasteiger partial charge < -0.3 is 10.2 Å². The largest absolute Gasteiger partial charge is 0.440 e. The quantitative estimate of drug-likeness (QED) is 0.838. The third kappa shape index (κ3) is 2.02. The van der Waals surface area contributed by atoms with E-state index in [2.05, 4.69) is 4.98 Å². The van der Waals surface area contributed by atoms with Crippen molar-refractivity contribution in [3.8, 4) is 10.8 Å². The number of hydrogen-bond acceptors (Lipinski definition) is 4. The maximum Gasteiger partial charge on any atom is 0.236 e. The summed E-state index contributed by atoms with van der Waals surface area (Å²) in [7, 11) is 0. The number of nitrogens with two attached hydrogens (primary N) is 1. The summed E-state index contributed by atoms with van der Waals surface area (Å²) in [6, 6.07) is 3.99. The van der Waals surface area contributed by atoms with Crippen LogP contribution in [0.2, 0.25) is 0 Å². The molecule has 0 saturated heterocycles. The summed E-state index contributed by atoms with van der Waals surface area (Å²) in [6.45, 7) is 0.690. The lowest BCUT2D eigenvalue weighted by Crippen LogP contribution is -1.99. The summed E-state index contributed by atoms with van der Waals surface area (Å²) >= 11 is 1.63. The number of aryl methyl sites for hydroxylation is 1. The Balaban J connectivity index is 2.10. The smallest absolute Gasteiger partial charge is 0.236 e. The standard InChI is InChI=1S/C10H12N2OS/c11-5-1-3-8-7-12-10(13-8)9-4-2-6-14-9/h2,4,6-7H,1,3,5,11H2.